The van der Waals surface area contributed by atoms with E-state index >= 15 is 0 Å². The molecule has 1 atom stereocenters. The van der Waals surface area contributed by atoms with Crippen molar-refractivity contribution in [1.82, 2.24) is 4.98 Å². The lowest BCUT2D eigenvalue weighted by Crippen LogP contribution is -2.26. The number of carbonyl (C=O) groups excluding carboxylic acids is 1. The van der Waals surface area contributed by atoms with Crippen molar-refractivity contribution in [2.75, 3.05) is 11.9 Å². The Hall–Kier alpha value is -1.79. The number of amides is 1. The van der Waals surface area contributed by atoms with Crippen LogP contribution in [-0.2, 0) is 16.0 Å². The molecule has 6 heteroatoms. The summed E-state index contributed by atoms with van der Waals surface area (Å²) in [6, 6.07) is 6.38. The second-order valence-electron chi connectivity index (χ2n) is 4.93. The van der Waals surface area contributed by atoms with Crippen LogP contribution in [0.2, 0.25) is 0 Å². The zero-order valence-electron chi connectivity index (χ0n) is 11.3. The predicted octanol–water partition coefficient (Wildman–Crippen LogP) is 2.99. The van der Waals surface area contributed by atoms with Gasteiger partial charge >= 0.3 is 0 Å². The quantitative estimate of drug-likeness (QED) is 0.945. The van der Waals surface area contributed by atoms with Gasteiger partial charge in [-0.05, 0) is 30.5 Å². The van der Waals surface area contributed by atoms with Crippen LogP contribution in [0.15, 0.2) is 30.5 Å². The molecule has 2 heterocycles. The molecule has 1 N–H and O–H groups in total. The molecule has 1 saturated heterocycles. The number of benzene rings is 1. The highest BCUT2D eigenvalue weighted by atomic mass is 32.1. The van der Waals surface area contributed by atoms with Crippen LogP contribution >= 0.6 is 11.3 Å². The summed E-state index contributed by atoms with van der Waals surface area (Å²) in [5.41, 5.74) is 1.01. The average Bonchev–Trinajstić information content (AvgIpc) is 3.13. The fraction of sp³-hybridized carbons (Fsp3) is 0.333. The van der Waals surface area contributed by atoms with E-state index in [1.54, 1.807) is 18.3 Å². The Morgan fingerprint density at radius 3 is 2.95 bits per heavy atom. The summed E-state index contributed by atoms with van der Waals surface area (Å²) in [6.45, 7) is 0.645. The Morgan fingerprint density at radius 1 is 1.43 bits per heavy atom. The molecule has 0 saturated carbocycles. The lowest BCUT2D eigenvalue weighted by Gasteiger charge is -2.07. The van der Waals surface area contributed by atoms with E-state index in [1.165, 1.54) is 23.5 Å². The molecule has 1 aliphatic rings. The van der Waals surface area contributed by atoms with Crippen LogP contribution in [0.25, 0.3) is 0 Å². The van der Waals surface area contributed by atoms with Gasteiger partial charge in [0, 0.05) is 24.1 Å². The number of rotatable bonds is 4. The van der Waals surface area contributed by atoms with Gasteiger partial charge in [-0.25, -0.2) is 9.37 Å². The molecule has 0 radical (unpaired) electrons. The van der Waals surface area contributed by atoms with Crippen LogP contribution in [0.4, 0.5) is 9.52 Å². The van der Waals surface area contributed by atoms with Crippen LogP contribution in [-0.4, -0.2) is 23.6 Å². The van der Waals surface area contributed by atoms with Crippen molar-refractivity contribution in [2.45, 2.75) is 25.4 Å². The van der Waals surface area contributed by atoms with Gasteiger partial charge in [0.15, 0.2) is 5.13 Å². The maximum Gasteiger partial charge on any atom is 0.255 e. The number of nitrogens with zero attached hydrogens (tertiary/aromatic N) is 1. The minimum absolute atomic E-state index is 0.129. The Labute approximate surface area is 126 Å². The van der Waals surface area contributed by atoms with E-state index in [0.29, 0.717) is 18.2 Å². The highest BCUT2D eigenvalue weighted by Gasteiger charge is 2.24. The molecule has 110 valence electrons. The Morgan fingerprint density at radius 2 is 2.24 bits per heavy atom. The standard InChI is InChI=1S/C15H15FN2O2S/c16-11-5-3-10(4-6-11)8-12-9-17-15(21-12)18-14(19)13-2-1-7-20-13/h3-6,9,13H,1-2,7-8H2,(H,17,18,19)/t13-/m0/s1. The Bertz CT molecular complexity index is 621. The first kappa shape index (κ1) is 14.2. The van der Waals surface area contributed by atoms with Gasteiger partial charge in [-0.15, -0.1) is 11.3 Å². The molecule has 2 aromatic rings. The average molecular weight is 306 g/mol. The van der Waals surface area contributed by atoms with E-state index in [2.05, 4.69) is 10.3 Å². The molecule has 0 aliphatic carbocycles. The van der Waals surface area contributed by atoms with Crippen molar-refractivity contribution >= 4 is 22.4 Å². The molecule has 0 spiro atoms. The fourth-order valence-corrected chi connectivity index (χ4v) is 3.07. The van der Waals surface area contributed by atoms with Gasteiger partial charge < -0.3 is 4.74 Å². The highest BCUT2D eigenvalue weighted by molar-refractivity contribution is 7.15. The number of carbonyl (C=O) groups is 1. The van der Waals surface area contributed by atoms with Crippen molar-refractivity contribution in [2.24, 2.45) is 0 Å². The number of ether oxygens (including phenoxy) is 1. The van der Waals surface area contributed by atoms with E-state index in [9.17, 15) is 9.18 Å². The highest BCUT2D eigenvalue weighted by Crippen LogP contribution is 2.22. The number of hydrogen-bond donors (Lipinski definition) is 1. The fourth-order valence-electron chi connectivity index (χ4n) is 2.22. The first-order valence-corrected chi connectivity index (χ1v) is 7.64. The SMILES string of the molecule is O=C(Nc1ncc(Cc2ccc(F)cc2)s1)[C@@H]1CCCO1. The van der Waals surface area contributed by atoms with E-state index in [-0.39, 0.29) is 17.8 Å². The van der Waals surface area contributed by atoms with Gasteiger partial charge in [-0.1, -0.05) is 12.1 Å². The molecule has 1 fully saturated rings. The van der Waals surface area contributed by atoms with Gasteiger partial charge in [0.1, 0.15) is 11.9 Å². The van der Waals surface area contributed by atoms with Crippen LogP contribution < -0.4 is 5.32 Å². The van der Waals surface area contributed by atoms with E-state index in [0.717, 1.165) is 23.3 Å². The number of anilines is 1. The van der Waals surface area contributed by atoms with Crippen LogP contribution in [0, 0.1) is 5.82 Å². The van der Waals surface area contributed by atoms with Crippen molar-refractivity contribution < 1.29 is 13.9 Å². The minimum atomic E-state index is -0.352. The number of thiazole rings is 1. The largest absolute Gasteiger partial charge is 0.368 e. The lowest BCUT2D eigenvalue weighted by atomic mass is 10.1. The van der Waals surface area contributed by atoms with Crippen molar-refractivity contribution in [3.63, 3.8) is 0 Å². The topological polar surface area (TPSA) is 51.2 Å². The van der Waals surface area contributed by atoms with Gasteiger partial charge in [-0.3, -0.25) is 10.1 Å². The van der Waals surface area contributed by atoms with Crippen molar-refractivity contribution in [3.8, 4) is 0 Å². The minimum Gasteiger partial charge on any atom is -0.368 e. The maximum absolute atomic E-state index is 12.9. The van der Waals surface area contributed by atoms with E-state index < -0.39 is 0 Å². The molecule has 0 unspecified atom stereocenters. The summed E-state index contributed by atoms with van der Waals surface area (Å²) in [7, 11) is 0. The summed E-state index contributed by atoms with van der Waals surface area (Å²) >= 11 is 1.43. The van der Waals surface area contributed by atoms with Crippen LogP contribution in [0.5, 0.6) is 0 Å². The second-order valence-corrected chi connectivity index (χ2v) is 6.04. The molecule has 4 nitrogen and oxygen atoms in total. The van der Waals surface area contributed by atoms with Crippen LogP contribution in [0.1, 0.15) is 23.3 Å². The van der Waals surface area contributed by atoms with Gasteiger partial charge in [-0.2, -0.15) is 0 Å². The van der Waals surface area contributed by atoms with E-state index in [4.69, 9.17) is 4.74 Å². The van der Waals surface area contributed by atoms with E-state index in [1.807, 2.05) is 0 Å². The third kappa shape index (κ3) is 3.65. The number of aromatic nitrogens is 1. The molecular weight excluding hydrogens is 291 g/mol. The first-order valence-electron chi connectivity index (χ1n) is 6.82. The van der Waals surface area contributed by atoms with Gasteiger partial charge in [0.25, 0.3) is 5.91 Å². The molecule has 1 aromatic carbocycles. The lowest BCUT2D eigenvalue weighted by molar-refractivity contribution is -0.124. The smallest absolute Gasteiger partial charge is 0.255 e. The molecular formula is C15H15FN2O2S. The number of hydrogen-bond acceptors (Lipinski definition) is 4. The number of halogens is 1. The third-order valence-electron chi connectivity index (χ3n) is 3.30. The molecule has 1 aromatic heterocycles. The molecule has 1 amide bonds. The molecule has 0 bridgehead atoms. The number of nitrogens with one attached hydrogen (secondary N) is 1. The monoisotopic (exact) mass is 306 g/mol. The summed E-state index contributed by atoms with van der Waals surface area (Å²) in [4.78, 5) is 17.1. The normalized spacial score (nSPS) is 17.9. The maximum atomic E-state index is 12.9. The van der Waals surface area contributed by atoms with Crippen molar-refractivity contribution in [3.05, 3.63) is 46.7 Å². The summed E-state index contributed by atoms with van der Waals surface area (Å²) in [6.07, 6.45) is 3.74. The molecule has 21 heavy (non-hydrogen) atoms. The summed E-state index contributed by atoms with van der Waals surface area (Å²) in [5.74, 6) is -0.372. The van der Waals surface area contributed by atoms with Gasteiger partial charge in [0.2, 0.25) is 0 Å². The Balaban J connectivity index is 1.60. The van der Waals surface area contributed by atoms with Crippen LogP contribution in [0.3, 0.4) is 0 Å². The zero-order valence-corrected chi connectivity index (χ0v) is 12.2. The predicted molar refractivity (Wildman–Crippen MR) is 78.9 cm³/mol. The summed E-state index contributed by atoms with van der Waals surface area (Å²) in [5, 5.41) is 3.36. The second kappa shape index (κ2) is 6.32. The van der Waals surface area contributed by atoms with Gasteiger partial charge in [0.05, 0.1) is 0 Å². The summed E-state index contributed by atoms with van der Waals surface area (Å²) < 4.78 is 18.2. The third-order valence-corrected chi connectivity index (χ3v) is 4.21. The zero-order chi connectivity index (χ0) is 14.7. The Kier molecular flexibility index (Phi) is 4.26. The van der Waals surface area contributed by atoms with Crippen molar-refractivity contribution in [1.29, 1.82) is 0 Å². The molecule has 1 aliphatic heterocycles. The first-order chi connectivity index (χ1) is 10.2. The molecule has 3 rings (SSSR count).